The number of carbonyl (C=O) groups is 2. The van der Waals surface area contributed by atoms with Crippen LogP contribution in [-0.2, 0) is 9.59 Å². The molecule has 0 aliphatic carbocycles. The molecule has 6 heteroatoms. The maximum atomic E-state index is 13.3. The number of rotatable bonds is 3. The maximum absolute atomic E-state index is 13.3. The van der Waals surface area contributed by atoms with Crippen molar-refractivity contribution in [3.63, 3.8) is 0 Å². The first-order valence-corrected chi connectivity index (χ1v) is 10.00. The van der Waals surface area contributed by atoms with Gasteiger partial charge in [-0.25, -0.2) is 4.90 Å². The minimum Gasteiger partial charge on any atom is -0.366 e. The molecule has 0 N–H and O–H groups in total. The summed E-state index contributed by atoms with van der Waals surface area (Å²) in [6, 6.07) is 10.8. The number of imide groups is 1. The van der Waals surface area contributed by atoms with Gasteiger partial charge in [-0.2, -0.15) is 0 Å². The summed E-state index contributed by atoms with van der Waals surface area (Å²) in [5, 5.41) is 2.32. The van der Waals surface area contributed by atoms with Gasteiger partial charge in [0, 0.05) is 18.0 Å². The lowest BCUT2D eigenvalue weighted by atomic mass is 9.98. The van der Waals surface area contributed by atoms with Crippen molar-refractivity contribution < 1.29 is 9.59 Å². The molecule has 4 nitrogen and oxygen atoms in total. The van der Waals surface area contributed by atoms with Crippen molar-refractivity contribution in [1.29, 1.82) is 0 Å². The fourth-order valence-corrected chi connectivity index (χ4v) is 4.52. The summed E-state index contributed by atoms with van der Waals surface area (Å²) in [4.78, 5) is 30.7. The molecular weight excluding hydrogens is 368 g/mol. The molecule has 4 rings (SSSR count). The number of piperidine rings is 1. The summed E-state index contributed by atoms with van der Waals surface area (Å²) >= 11 is 7.76. The molecule has 134 valence electrons. The molecule has 0 spiro atoms. The number of carbonyl (C=O) groups excluding carboxylic acids is 2. The molecule has 0 atom stereocenters. The van der Waals surface area contributed by atoms with Crippen LogP contribution in [0.5, 0.6) is 0 Å². The fraction of sp³-hybridized carbons (Fsp3) is 0.300. The van der Waals surface area contributed by atoms with Crippen LogP contribution in [0, 0.1) is 5.92 Å². The largest absolute Gasteiger partial charge is 0.366 e. The normalized spacial score (nSPS) is 19.0. The van der Waals surface area contributed by atoms with Crippen LogP contribution in [0.3, 0.4) is 0 Å². The van der Waals surface area contributed by atoms with Gasteiger partial charge in [-0.05, 0) is 42.3 Å². The van der Waals surface area contributed by atoms with E-state index in [1.807, 2.05) is 17.5 Å². The van der Waals surface area contributed by atoms with E-state index in [0.29, 0.717) is 27.9 Å². The van der Waals surface area contributed by atoms with Crippen LogP contribution < -0.4 is 4.90 Å². The van der Waals surface area contributed by atoms with Gasteiger partial charge in [0.2, 0.25) is 0 Å². The summed E-state index contributed by atoms with van der Waals surface area (Å²) in [7, 11) is 0. The van der Waals surface area contributed by atoms with Gasteiger partial charge in [0.1, 0.15) is 5.70 Å². The number of halogens is 1. The van der Waals surface area contributed by atoms with Crippen LogP contribution in [-0.4, -0.2) is 29.8 Å². The highest BCUT2D eigenvalue weighted by atomic mass is 35.5. The van der Waals surface area contributed by atoms with E-state index in [-0.39, 0.29) is 11.8 Å². The number of likely N-dealkylation sites (tertiary alicyclic amines) is 1. The second-order valence-electron chi connectivity index (χ2n) is 6.77. The van der Waals surface area contributed by atoms with Crippen molar-refractivity contribution in [2.24, 2.45) is 5.92 Å². The van der Waals surface area contributed by atoms with E-state index in [1.54, 1.807) is 24.3 Å². The monoisotopic (exact) mass is 386 g/mol. The predicted molar refractivity (Wildman–Crippen MR) is 105 cm³/mol. The van der Waals surface area contributed by atoms with Crippen molar-refractivity contribution in [3.05, 3.63) is 57.4 Å². The zero-order chi connectivity index (χ0) is 18.3. The van der Waals surface area contributed by atoms with Crippen LogP contribution in [0.4, 0.5) is 5.69 Å². The van der Waals surface area contributed by atoms with Gasteiger partial charge in [-0.1, -0.05) is 36.7 Å². The van der Waals surface area contributed by atoms with Crippen molar-refractivity contribution >= 4 is 46.0 Å². The summed E-state index contributed by atoms with van der Waals surface area (Å²) in [6.07, 6.45) is 2.05. The lowest BCUT2D eigenvalue weighted by Crippen LogP contribution is -2.38. The van der Waals surface area contributed by atoms with Crippen LogP contribution in [0.1, 0.15) is 24.6 Å². The molecule has 1 fully saturated rings. The molecule has 0 saturated carbocycles. The first kappa shape index (κ1) is 17.3. The summed E-state index contributed by atoms with van der Waals surface area (Å²) in [5.74, 6) is 0.0733. The average Bonchev–Trinajstić information content (AvgIpc) is 3.23. The second-order valence-corrected chi connectivity index (χ2v) is 8.12. The molecular formula is C20H19ClN2O2S. The highest BCUT2D eigenvalue weighted by Crippen LogP contribution is 2.39. The van der Waals surface area contributed by atoms with Crippen LogP contribution in [0.15, 0.2) is 47.5 Å². The first-order chi connectivity index (χ1) is 12.6. The number of nitrogens with zero attached hydrogens (tertiary/aromatic N) is 2. The first-order valence-electron chi connectivity index (χ1n) is 8.74. The molecule has 1 aromatic carbocycles. The number of thiophene rings is 1. The van der Waals surface area contributed by atoms with E-state index < -0.39 is 0 Å². The third-order valence-corrected chi connectivity index (χ3v) is 6.23. The summed E-state index contributed by atoms with van der Waals surface area (Å²) in [5.41, 5.74) is 1.46. The molecule has 1 saturated heterocycles. The standard InChI is InChI=1S/C20H19ClN2O2S/c1-13-8-10-22(11-9-13)18-17(16-7-4-12-26-16)19(24)23(20(18)25)15-6-3-2-5-14(15)21/h2-7,12-13H,8-11H2,1H3. The Morgan fingerprint density at radius 1 is 1.04 bits per heavy atom. The Morgan fingerprint density at radius 3 is 2.42 bits per heavy atom. The van der Waals surface area contributed by atoms with E-state index in [0.717, 1.165) is 30.8 Å². The highest BCUT2D eigenvalue weighted by Gasteiger charge is 2.43. The van der Waals surface area contributed by atoms with Gasteiger partial charge in [-0.15, -0.1) is 11.3 Å². The Kier molecular flexibility index (Phi) is 4.59. The van der Waals surface area contributed by atoms with E-state index >= 15 is 0 Å². The summed E-state index contributed by atoms with van der Waals surface area (Å²) in [6.45, 7) is 3.81. The molecule has 2 amide bonds. The van der Waals surface area contributed by atoms with Crippen molar-refractivity contribution in [2.75, 3.05) is 18.0 Å². The quantitative estimate of drug-likeness (QED) is 0.733. The van der Waals surface area contributed by atoms with Crippen molar-refractivity contribution in [2.45, 2.75) is 19.8 Å². The molecule has 0 unspecified atom stereocenters. The minimum absolute atomic E-state index is 0.277. The lowest BCUT2D eigenvalue weighted by molar-refractivity contribution is -0.120. The third kappa shape index (κ3) is 2.85. The lowest BCUT2D eigenvalue weighted by Gasteiger charge is -2.32. The number of amides is 2. The minimum atomic E-state index is -0.292. The smallest absolute Gasteiger partial charge is 0.282 e. The molecule has 0 radical (unpaired) electrons. The molecule has 1 aromatic heterocycles. The molecule has 26 heavy (non-hydrogen) atoms. The van der Waals surface area contributed by atoms with Gasteiger partial charge in [0.25, 0.3) is 11.8 Å². The van der Waals surface area contributed by atoms with Crippen LogP contribution in [0.2, 0.25) is 5.02 Å². The number of para-hydroxylation sites is 1. The van der Waals surface area contributed by atoms with Gasteiger partial charge in [0.05, 0.1) is 16.3 Å². The molecule has 2 aliphatic heterocycles. The number of hydrogen-bond donors (Lipinski definition) is 0. The van der Waals surface area contributed by atoms with Gasteiger partial charge in [-0.3, -0.25) is 9.59 Å². The second kappa shape index (κ2) is 6.89. The predicted octanol–water partition coefficient (Wildman–Crippen LogP) is 4.42. The number of anilines is 1. The molecule has 3 heterocycles. The van der Waals surface area contributed by atoms with E-state index in [2.05, 4.69) is 11.8 Å². The topological polar surface area (TPSA) is 40.6 Å². The van der Waals surface area contributed by atoms with Crippen molar-refractivity contribution in [1.82, 2.24) is 4.90 Å². The summed E-state index contributed by atoms with van der Waals surface area (Å²) < 4.78 is 0. The Bertz CT molecular complexity index is 883. The number of benzene rings is 1. The molecule has 2 aromatic rings. The fourth-order valence-electron chi connectivity index (χ4n) is 3.54. The zero-order valence-corrected chi connectivity index (χ0v) is 16.0. The van der Waals surface area contributed by atoms with Gasteiger partial charge in [0.15, 0.2) is 0 Å². The van der Waals surface area contributed by atoms with Crippen LogP contribution >= 0.6 is 22.9 Å². The van der Waals surface area contributed by atoms with Crippen molar-refractivity contribution in [3.8, 4) is 0 Å². The SMILES string of the molecule is CC1CCN(C2=C(c3cccs3)C(=O)N(c3ccccc3Cl)C2=O)CC1. The Morgan fingerprint density at radius 2 is 1.77 bits per heavy atom. The van der Waals surface area contributed by atoms with E-state index in [9.17, 15) is 9.59 Å². The van der Waals surface area contributed by atoms with Gasteiger partial charge >= 0.3 is 0 Å². The van der Waals surface area contributed by atoms with Gasteiger partial charge < -0.3 is 4.90 Å². The van der Waals surface area contributed by atoms with Crippen LogP contribution in [0.25, 0.3) is 5.57 Å². The Labute approximate surface area is 161 Å². The van der Waals surface area contributed by atoms with E-state index in [4.69, 9.17) is 11.6 Å². The highest BCUT2D eigenvalue weighted by molar-refractivity contribution is 7.11. The maximum Gasteiger partial charge on any atom is 0.282 e. The third-order valence-electron chi connectivity index (χ3n) is 5.02. The molecule has 2 aliphatic rings. The molecule has 0 bridgehead atoms. The number of hydrogen-bond acceptors (Lipinski definition) is 4. The Balaban J connectivity index is 1.80. The average molecular weight is 387 g/mol. The van der Waals surface area contributed by atoms with E-state index in [1.165, 1.54) is 16.2 Å². The zero-order valence-electron chi connectivity index (χ0n) is 14.4. The Hall–Kier alpha value is -2.11.